The van der Waals surface area contributed by atoms with Gasteiger partial charge in [0.1, 0.15) is 0 Å². The Kier molecular flexibility index (Phi) is 5.59. The fourth-order valence-corrected chi connectivity index (χ4v) is 3.70. The van der Waals surface area contributed by atoms with Crippen LogP contribution in [0, 0.1) is 23.7 Å². The van der Waals surface area contributed by atoms with E-state index in [0.717, 1.165) is 23.7 Å². The van der Waals surface area contributed by atoms with Gasteiger partial charge < -0.3 is 10.2 Å². The minimum absolute atomic E-state index is 0.139. The fourth-order valence-electron chi connectivity index (χ4n) is 3.70. The van der Waals surface area contributed by atoms with E-state index in [9.17, 15) is 9.59 Å². The molecule has 3 aliphatic carbocycles. The Balaban J connectivity index is 0.000000153. The summed E-state index contributed by atoms with van der Waals surface area (Å²) >= 11 is 0. The Morgan fingerprint density at radius 3 is 2.10 bits per heavy atom. The van der Waals surface area contributed by atoms with Gasteiger partial charge in [-0.2, -0.15) is 0 Å². The van der Waals surface area contributed by atoms with Gasteiger partial charge in [0.2, 0.25) is 0 Å². The molecule has 4 heteroatoms. The third-order valence-corrected chi connectivity index (χ3v) is 4.74. The number of carboxylic acids is 2. The molecule has 4 unspecified atom stereocenters. The summed E-state index contributed by atoms with van der Waals surface area (Å²) in [5, 5.41) is 16.4. The number of aliphatic carboxylic acids is 2. The lowest BCUT2D eigenvalue weighted by Gasteiger charge is -2.18. The second-order valence-electron chi connectivity index (χ2n) is 6.20. The highest BCUT2D eigenvalue weighted by atomic mass is 16.4. The summed E-state index contributed by atoms with van der Waals surface area (Å²) in [7, 11) is 0. The molecule has 0 aromatic carbocycles. The molecule has 0 aliphatic heterocycles. The van der Waals surface area contributed by atoms with Crippen molar-refractivity contribution in [2.45, 2.75) is 44.9 Å². The fraction of sp³-hybridized carbons (Fsp3) is 0.647. The van der Waals surface area contributed by atoms with Crippen LogP contribution in [0.5, 0.6) is 0 Å². The number of hydrogen-bond donors (Lipinski definition) is 2. The average Bonchev–Trinajstić information content (AvgIpc) is 3.12. The van der Waals surface area contributed by atoms with Gasteiger partial charge >= 0.3 is 11.9 Å². The molecular formula is C17H24O4. The molecule has 1 fully saturated rings. The third-order valence-electron chi connectivity index (χ3n) is 4.74. The number of allylic oxidation sites excluding steroid dienone is 4. The molecule has 0 aromatic rings. The van der Waals surface area contributed by atoms with Crippen molar-refractivity contribution in [3.63, 3.8) is 0 Å². The zero-order chi connectivity index (χ0) is 15.2. The maximum atomic E-state index is 9.98. The lowest BCUT2D eigenvalue weighted by molar-refractivity contribution is -0.137. The standard InChI is InChI=1S/C10H12.C7H12O4/c1-2-9-7-4-5-8(6-7)10(9)3-1;8-6(9)4-2-1-3-5-7(10)11/h1-2,4-5,7-10H,3,6H2;1-5H2,(H,8,9)(H,10,11). The highest BCUT2D eigenvalue weighted by Crippen LogP contribution is 2.52. The van der Waals surface area contributed by atoms with E-state index in [1.165, 1.54) is 12.8 Å². The predicted octanol–water partition coefficient (Wildman–Crippen LogP) is 3.49. The number of fused-ring (bicyclic) bond motifs is 5. The van der Waals surface area contributed by atoms with Gasteiger partial charge in [-0.1, -0.05) is 30.7 Å². The van der Waals surface area contributed by atoms with Crippen molar-refractivity contribution >= 4 is 11.9 Å². The van der Waals surface area contributed by atoms with Crippen molar-refractivity contribution in [2.24, 2.45) is 23.7 Å². The van der Waals surface area contributed by atoms with Crippen molar-refractivity contribution < 1.29 is 19.8 Å². The van der Waals surface area contributed by atoms with Gasteiger partial charge in [0.05, 0.1) is 0 Å². The van der Waals surface area contributed by atoms with E-state index in [4.69, 9.17) is 10.2 Å². The molecule has 3 rings (SSSR count). The Labute approximate surface area is 125 Å². The van der Waals surface area contributed by atoms with Gasteiger partial charge in [0, 0.05) is 12.8 Å². The van der Waals surface area contributed by atoms with Gasteiger partial charge in [0.15, 0.2) is 0 Å². The average molecular weight is 292 g/mol. The quantitative estimate of drug-likeness (QED) is 0.580. The molecule has 21 heavy (non-hydrogen) atoms. The van der Waals surface area contributed by atoms with E-state index < -0.39 is 11.9 Å². The Bertz CT molecular complexity index is 422. The maximum absolute atomic E-state index is 9.98. The number of carbonyl (C=O) groups is 2. The molecule has 0 amide bonds. The van der Waals surface area contributed by atoms with Crippen LogP contribution in [-0.4, -0.2) is 22.2 Å². The zero-order valence-corrected chi connectivity index (χ0v) is 12.3. The first kappa shape index (κ1) is 15.8. The van der Waals surface area contributed by atoms with Gasteiger partial charge in [-0.15, -0.1) is 0 Å². The molecule has 0 aromatic heterocycles. The highest BCUT2D eigenvalue weighted by molar-refractivity contribution is 5.67. The monoisotopic (exact) mass is 292 g/mol. The molecule has 0 radical (unpaired) electrons. The van der Waals surface area contributed by atoms with Gasteiger partial charge in [0.25, 0.3) is 0 Å². The van der Waals surface area contributed by atoms with E-state index >= 15 is 0 Å². The first-order valence-electron chi connectivity index (χ1n) is 7.86. The summed E-state index contributed by atoms with van der Waals surface area (Å²) in [4.78, 5) is 20.0. The Hall–Kier alpha value is -1.58. The van der Waals surface area contributed by atoms with Gasteiger partial charge in [-0.3, -0.25) is 9.59 Å². The number of unbranched alkanes of at least 4 members (excludes halogenated alkanes) is 2. The van der Waals surface area contributed by atoms with Crippen LogP contribution in [0.2, 0.25) is 0 Å². The summed E-state index contributed by atoms with van der Waals surface area (Å²) in [6.45, 7) is 0. The lowest BCUT2D eigenvalue weighted by Crippen LogP contribution is -2.12. The number of carboxylic acid groups (broad SMARTS) is 2. The molecule has 0 heterocycles. The highest BCUT2D eigenvalue weighted by Gasteiger charge is 2.44. The molecule has 4 nitrogen and oxygen atoms in total. The predicted molar refractivity (Wildman–Crippen MR) is 79.8 cm³/mol. The first-order valence-corrected chi connectivity index (χ1v) is 7.86. The van der Waals surface area contributed by atoms with Crippen LogP contribution in [0.1, 0.15) is 44.9 Å². The Morgan fingerprint density at radius 1 is 0.905 bits per heavy atom. The van der Waals surface area contributed by atoms with E-state index in [0.29, 0.717) is 19.3 Å². The van der Waals surface area contributed by atoms with E-state index in [-0.39, 0.29) is 12.8 Å². The van der Waals surface area contributed by atoms with Crippen molar-refractivity contribution in [3.8, 4) is 0 Å². The Morgan fingerprint density at radius 2 is 1.52 bits per heavy atom. The summed E-state index contributed by atoms with van der Waals surface area (Å²) in [6, 6.07) is 0. The maximum Gasteiger partial charge on any atom is 0.303 e. The molecular weight excluding hydrogens is 268 g/mol. The zero-order valence-electron chi connectivity index (χ0n) is 12.3. The molecule has 0 spiro atoms. The smallest absolute Gasteiger partial charge is 0.303 e. The second-order valence-corrected chi connectivity index (χ2v) is 6.20. The van der Waals surface area contributed by atoms with E-state index in [2.05, 4.69) is 24.3 Å². The van der Waals surface area contributed by atoms with Crippen molar-refractivity contribution in [3.05, 3.63) is 24.3 Å². The first-order chi connectivity index (χ1) is 10.1. The molecule has 3 aliphatic rings. The summed E-state index contributed by atoms with van der Waals surface area (Å²) in [5.74, 6) is 2.18. The largest absolute Gasteiger partial charge is 0.481 e. The van der Waals surface area contributed by atoms with Crippen LogP contribution in [0.25, 0.3) is 0 Å². The van der Waals surface area contributed by atoms with Crippen LogP contribution in [0.4, 0.5) is 0 Å². The summed E-state index contributed by atoms with van der Waals surface area (Å²) in [5.41, 5.74) is 0. The van der Waals surface area contributed by atoms with E-state index in [1.54, 1.807) is 0 Å². The van der Waals surface area contributed by atoms with Crippen LogP contribution in [-0.2, 0) is 9.59 Å². The third kappa shape index (κ3) is 4.45. The molecule has 4 atom stereocenters. The van der Waals surface area contributed by atoms with Crippen molar-refractivity contribution in [1.29, 1.82) is 0 Å². The van der Waals surface area contributed by atoms with E-state index in [1.807, 2.05) is 0 Å². The molecule has 2 bridgehead atoms. The van der Waals surface area contributed by atoms with Crippen LogP contribution in [0.15, 0.2) is 24.3 Å². The van der Waals surface area contributed by atoms with Gasteiger partial charge in [-0.05, 0) is 49.4 Å². The van der Waals surface area contributed by atoms with Crippen LogP contribution in [0.3, 0.4) is 0 Å². The number of rotatable bonds is 6. The van der Waals surface area contributed by atoms with Gasteiger partial charge in [-0.25, -0.2) is 0 Å². The number of hydrogen-bond acceptors (Lipinski definition) is 2. The molecule has 2 N–H and O–H groups in total. The normalized spacial score (nSPS) is 30.9. The summed E-state index contributed by atoms with van der Waals surface area (Å²) in [6.07, 6.45) is 14.6. The van der Waals surface area contributed by atoms with Crippen LogP contribution < -0.4 is 0 Å². The second kappa shape index (κ2) is 7.43. The topological polar surface area (TPSA) is 74.6 Å². The minimum atomic E-state index is -0.819. The minimum Gasteiger partial charge on any atom is -0.481 e. The van der Waals surface area contributed by atoms with Crippen LogP contribution >= 0.6 is 0 Å². The SMILES string of the molecule is C1=CC2C3C=CC(C3)C2C1.O=C(O)CCCCCC(=O)O. The molecule has 1 saturated carbocycles. The van der Waals surface area contributed by atoms with Crippen molar-refractivity contribution in [1.82, 2.24) is 0 Å². The lowest BCUT2D eigenvalue weighted by atomic mass is 9.86. The molecule has 0 saturated heterocycles. The summed E-state index contributed by atoms with van der Waals surface area (Å²) < 4.78 is 0. The molecule has 116 valence electrons. The van der Waals surface area contributed by atoms with Crippen molar-refractivity contribution in [2.75, 3.05) is 0 Å².